The molecule has 0 amide bonds. The number of unbranched alkanes of at least 4 members (excludes halogenated alkanes) is 1. The smallest absolute Gasteiger partial charge is 0.186 e. The van der Waals surface area contributed by atoms with E-state index in [-0.39, 0.29) is 0 Å². The molecule has 0 radical (unpaired) electrons. The highest BCUT2D eigenvalue weighted by atomic mass is 32.1. The molecule has 1 aromatic rings. The van der Waals surface area contributed by atoms with Crippen LogP contribution in [0.3, 0.4) is 0 Å². The lowest BCUT2D eigenvalue weighted by atomic mass is 10.2. The van der Waals surface area contributed by atoms with Gasteiger partial charge in [0.1, 0.15) is 0 Å². The maximum Gasteiger partial charge on any atom is 0.186 e. The van der Waals surface area contributed by atoms with Crippen LogP contribution in [0.1, 0.15) is 25.3 Å². The van der Waals surface area contributed by atoms with Crippen LogP contribution < -0.4 is 15.6 Å². The molecule has 0 aromatic heterocycles. The van der Waals surface area contributed by atoms with Crippen molar-refractivity contribution in [3.8, 4) is 0 Å². The number of benzene rings is 1. The molecule has 2 N–H and O–H groups in total. The van der Waals surface area contributed by atoms with Gasteiger partial charge in [-0.15, -0.1) is 0 Å². The highest BCUT2D eigenvalue weighted by molar-refractivity contribution is 7.80. The van der Waals surface area contributed by atoms with Crippen LogP contribution in [0.2, 0.25) is 0 Å². The molecule has 1 heterocycles. The van der Waals surface area contributed by atoms with Crippen molar-refractivity contribution < 1.29 is 4.74 Å². The van der Waals surface area contributed by atoms with Crippen LogP contribution >= 0.6 is 12.2 Å². The lowest BCUT2D eigenvalue weighted by Gasteiger charge is -2.28. The molecule has 1 fully saturated rings. The largest absolute Gasteiger partial charge is 0.378 e. The molecule has 6 heteroatoms. The van der Waals surface area contributed by atoms with Gasteiger partial charge in [-0.05, 0) is 36.3 Å². The number of anilines is 1. The molecule has 0 atom stereocenters. The second-order valence-corrected chi connectivity index (χ2v) is 5.58. The van der Waals surface area contributed by atoms with Gasteiger partial charge in [-0.2, -0.15) is 5.10 Å². The maximum atomic E-state index is 5.37. The Labute approximate surface area is 137 Å². The predicted molar refractivity (Wildman–Crippen MR) is 95.7 cm³/mol. The van der Waals surface area contributed by atoms with Crippen molar-refractivity contribution in [3.05, 3.63) is 29.8 Å². The minimum Gasteiger partial charge on any atom is -0.378 e. The summed E-state index contributed by atoms with van der Waals surface area (Å²) in [7, 11) is 0. The number of ether oxygens (including phenoxy) is 1. The van der Waals surface area contributed by atoms with Gasteiger partial charge in [0.2, 0.25) is 0 Å². The Balaban J connectivity index is 1.78. The molecule has 1 saturated heterocycles. The fraction of sp³-hybridized carbons (Fsp3) is 0.500. The molecule has 0 spiro atoms. The molecule has 0 unspecified atom stereocenters. The fourth-order valence-corrected chi connectivity index (χ4v) is 2.33. The summed E-state index contributed by atoms with van der Waals surface area (Å²) in [6, 6.07) is 8.35. The monoisotopic (exact) mass is 320 g/mol. The molecule has 120 valence electrons. The number of thiocarbonyl (C=S) groups is 1. The van der Waals surface area contributed by atoms with Crippen LogP contribution in [0.5, 0.6) is 0 Å². The van der Waals surface area contributed by atoms with Gasteiger partial charge in [-0.3, -0.25) is 5.43 Å². The van der Waals surface area contributed by atoms with Crippen molar-refractivity contribution in [2.75, 3.05) is 37.7 Å². The Kier molecular flexibility index (Phi) is 7.12. The van der Waals surface area contributed by atoms with E-state index in [0.717, 1.165) is 51.3 Å². The van der Waals surface area contributed by atoms with Gasteiger partial charge in [-0.1, -0.05) is 25.5 Å². The normalized spacial score (nSPS) is 15.0. The number of hydrogen-bond donors (Lipinski definition) is 2. The summed E-state index contributed by atoms with van der Waals surface area (Å²) in [5, 5.41) is 7.82. The van der Waals surface area contributed by atoms with E-state index in [9.17, 15) is 0 Å². The van der Waals surface area contributed by atoms with Gasteiger partial charge in [0.15, 0.2) is 5.11 Å². The van der Waals surface area contributed by atoms with Gasteiger partial charge in [0, 0.05) is 25.3 Å². The summed E-state index contributed by atoms with van der Waals surface area (Å²) < 4.78 is 5.37. The van der Waals surface area contributed by atoms with Crippen LogP contribution in [-0.2, 0) is 4.74 Å². The molecule has 1 aliphatic rings. The number of nitrogens with zero attached hydrogens (tertiary/aromatic N) is 2. The average Bonchev–Trinajstić information content (AvgIpc) is 2.57. The zero-order chi connectivity index (χ0) is 15.6. The fourth-order valence-electron chi connectivity index (χ4n) is 2.18. The SMILES string of the molecule is CCCCNC(=S)N/N=C\c1ccc(N2CCOCC2)cc1. The zero-order valence-corrected chi connectivity index (χ0v) is 13.9. The van der Waals surface area contributed by atoms with Crippen LogP contribution in [0, 0.1) is 0 Å². The van der Waals surface area contributed by atoms with Gasteiger partial charge >= 0.3 is 0 Å². The summed E-state index contributed by atoms with van der Waals surface area (Å²) in [5.41, 5.74) is 5.10. The molecular weight excluding hydrogens is 296 g/mol. The molecule has 2 rings (SSSR count). The Hall–Kier alpha value is -1.66. The van der Waals surface area contributed by atoms with Crippen molar-refractivity contribution in [1.29, 1.82) is 0 Å². The minimum atomic E-state index is 0.564. The third-order valence-electron chi connectivity index (χ3n) is 3.46. The third kappa shape index (κ3) is 5.61. The van der Waals surface area contributed by atoms with Crippen molar-refractivity contribution in [1.82, 2.24) is 10.7 Å². The van der Waals surface area contributed by atoms with Gasteiger partial charge in [-0.25, -0.2) is 0 Å². The maximum absolute atomic E-state index is 5.37. The number of hydrogen-bond acceptors (Lipinski definition) is 4. The van der Waals surface area contributed by atoms with E-state index in [1.165, 1.54) is 5.69 Å². The molecule has 1 aliphatic heterocycles. The van der Waals surface area contributed by atoms with E-state index in [0.29, 0.717) is 5.11 Å². The first-order valence-electron chi connectivity index (χ1n) is 7.79. The van der Waals surface area contributed by atoms with Gasteiger partial charge in [0.05, 0.1) is 19.4 Å². The van der Waals surface area contributed by atoms with Crippen molar-refractivity contribution in [2.24, 2.45) is 5.10 Å². The molecular formula is C16H24N4OS. The number of morpholine rings is 1. The quantitative estimate of drug-likeness (QED) is 0.364. The number of hydrazone groups is 1. The summed E-state index contributed by atoms with van der Waals surface area (Å²) >= 11 is 5.13. The lowest BCUT2D eigenvalue weighted by molar-refractivity contribution is 0.122. The van der Waals surface area contributed by atoms with E-state index >= 15 is 0 Å². The first-order chi connectivity index (χ1) is 10.8. The Morgan fingerprint density at radius 2 is 2.05 bits per heavy atom. The van der Waals surface area contributed by atoms with E-state index in [4.69, 9.17) is 17.0 Å². The topological polar surface area (TPSA) is 48.9 Å². The number of nitrogens with one attached hydrogen (secondary N) is 2. The zero-order valence-electron chi connectivity index (χ0n) is 13.0. The average molecular weight is 320 g/mol. The van der Waals surface area contributed by atoms with Crippen molar-refractivity contribution >= 4 is 29.2 Å². The van der Waals surface area contributed by atoms with E-state index in [1.807, 2.05) is 0 Å². The summed E-state index contributed by atoms with van der Waals surface area (Å²) in [6.07, 6.45) is 4.03. The summed E-state index contributed by atoms with van der Waals surface area (Å²) in [5.74, 6) is 0. The van der Waals surface area contributed by atoms with Crippen molar-refractivity contribution in [2.45, 2.75) is 19.8 Å². The highest BCUT2D eigenvalue weighted by Gasteiger charge is 2.10. The predicted octanol–water partition coefficient (Wildman–Crippen LogP) is 2.12. The standard InChI is InChI=1S/C16H24N4OS/c1-2-3-8-17-16(22)19-18-13-14-4-6-15(7-5-14)20-9-11-21-12-10-20/h4-7,13H,2-3,8-12H2,1H3,(H2,17,19,22)/b18-13-. The molecule has 5 nitrogen and oxygen atoms in total. The van der Waals surface area contributed by atoms with Gasteiger partial charge < -0.3 is 15.0 Å². The van der Waals surface area contributed by atoms with Crippen molar-refractivity contribution in [3.63, 3.8) is 0 Å². The molecule has 0 saturated carbocycles. The Morgan fingerprint density at radius 1 is 1.32 bits per heavy atom. The Bertz CT molecular complexity index is 483. The van der Waals surface area contributed by atoms with E-state index in [1.54, 1.807) is 6.21 Å². The second-order valence-electron chi connectivity index (χ2n) is 5.17. The van der Waals surface area contributed by atoms with Gasteiger partial charge in [0.25, 0.3) is 0 Å². The first-order valence-corrected chi connectivity index (χ1v) is 8.20. The molecule has 22 heavy (non-hydrogen) atoms. The Morgan fingerprint density at radius 3 is 2.73 bits per heavy atom. The van der Waals surface area contributed by atoms with Crippen LogP contribution in [0.15, 0.2) is 29.4 Å². The minimum absolute atomic E-state index is 0.564. The summed E-state index contributed by atoms with van der Waals surface area (Å²) in [6.45, 7) is 6.54. The third-order valence-corrected chi connectivity index (χ3v) is 3.70. The lowest BCUT2D eigenvalue weighted by Crippen LogP contribution is -2.36. The molecule has 0 bridgehead atoms. The van der Waals surface area contributed by atoms with E-state index in [2.05, 4.69) is 51.9 Å². The second kappa shape index (κ2) is 9.38. The first kappa shape index (κ1) is 16.7. The summed E-state index contributed by atoms with van der Waals surface area (Å²) in [4.78, 5) is 2.33. The van der Waals surface area contributed by atoms with Crippen LogP contribution in [-0.4, -0.2) is 44.2 Å². The van der Waals surface area contributed by atoms with Crippen LogP contribution in [0.4, 0.5) is 5.69 Å². The highest BCUT2D eigenvalue weighted by Crippen LogP contribution is 2.15. The van der Waals surface area contributed by atoms with E-state index < -0.39 is 0 Å². The molecule has 1 aromatic carbocycles. The van der Waals surface area contributed by atoms with Crippen LogP contribution in [0.25, 0.3) is 0 Å². The molecule has 0 aliphatic carbocycles. The number of rotatable bonds is 6.